The Morgan fingerprint density at radius 2 is 2.00 bits per heavy atom. The highest BCUT2D eigenvalue weighted by atomic mass is 16.5. The van der Waals surface area contributed by atoms with Crippen molar-refractivity contribution in [2.45, 2.75) is 123 Å². The van der Waals surface area contributed by atoms with Crippen LogP contribution < -0.4 is 0 Å². The van der Waals surface area contributed by atoms with Crippen molar-refractivity contribution in [1.82, 2.24) is 4.98 Å². The summed E-state index contributed by atoms with van der Waals surface area (Å²) in [6.07, 6.45) is 19.7. The number of aliphatic hydroxyl groups excluding tert-OH is 1. The third kappa shape index (κ3) is 10.6. The van der Waals surface area contributed by atoms with E-state index in [9.17, 15) is 9.90 Å². The summed E-state index contributed by atoms with van der Waals surface area (Å²) in [6.45, 7) is 12.7. The molecule has 0 aliphatic carbocycles. The molecular formula is C33H49NO5. The largest absolute Gasteiger partial charge is 0.459 e. The highest BCUT2D eigenvalue weighted by Crippen LogP contribution is 2.33. The summed E-state index contributed by atoms with van der Waals surface area (Å²) in [6, 6.07) is 0. The molecule has 1 fully saturated rings. The molecule has 4 bridgehead atoms. The van der Waals surface area contributed by atoms with E-state index >= 15 is 0 Å². The molecular weight excluding hydrogens is 490 g/mol. The number of rotatable bonds is 3. The number of allylic oxidation sites excluding steroid dienone is 4. The predicted octanol–water partition coefficient (Wildman–Crippen LogP) is 8.06. The molecule has 3 heterocycles. The number of cyclic esters (lactones) is 1. The van der Waals surface area contributed by atoms with Crippen molar-refractivity contribution in [3.8, 4) is 0 Å². The van der Waals surface area contributed by atoms with E-state index in [-0.39, 0.29) is 36.1 Å². The average Bonchev–Trinajstić information content (AvgIpc) is 3.38. The first-order chi connectivity index (χ1) is 18.7. The molecule has 0 amide bonds. The van der Waals surface area contributed by atoms with Crippen LogP contribution in [0.3, 0.4) is 0 Å². The monoisotopic (exact) mass is 539 g/mol. The van der Waals surface area contributed by atoms with Crippen molar-refractivity contribution in [3.05, 3.63) is 59.9 Å². The van der Waals surface area contributed by atoms with E-state index in [1.807, 2.05) is 19.1 Å². The van der Waals surface area contributed by atoms with Gasteiger partial charge < -0.3 is 19.0 Å². The lowest BCUT2D eigenvalue weighted by Crippen LogP contribution is -2.31. The minimum Gasteiger partial charge on any atom is -0.459 e. The van der Waals surface area contributed by atoms with Crippen molar-refractivity contribution in [1.29, 1.82) is 0 Å². The number of aromatic nitrogens is 1. The van der Waals surface area contributed by atoms with Crippen LogP contribution in [0.5, 0.6) is 0 Å². The molecule has 0 spiro atoms. The fraction of sp³-hybridized carbons (Fsp3) is 0.636. The number of nitrogens with zero attached hydrogens (tertiary/aromatic N) is 1. The third-order valence-electron chi connectivity index (χ3n) is 7.99. The molecule has 39 heavy (non-hydrogen) atoms. The van der Waals surface area contributed by atoms with Crippen molar-refractivity contribution in [3.63, 3.8) is 0 Å². The summed E-state index contributed by atoms with van der Waals surface area (Å²) in [4.78, 5) is 17.4. The minimum atomic E-state index is -0.476. The summed E-state index contributed by atoms with van der Waals surface area (Å²) < 4.78 is 18.1. The van der Waals surface area contributed by atoms with E-state index in [0.29, 0.717) is 18.7 Å². The van der Waals surface area contributed by atoms with Crippen LogP contribution in [0.4, 0.5) is 0 Å². The molecule has 6 nitrogen and oxygen atoms in total. The van der Waals surface area contributed by atoms with Gasteiger partial charge in [0.1, 0.15) is 24.2 Å². The SMILES string of the molecule is C=C1CCC/C=C\C(=O)OC([C@@H](C)C/C(C)=C/C)[C@@H](C)CC/C=C/c2nc(co2)[C@H]2CCC[C@@H](C[C@H](O)C1)O2. The smallest absolute Gasteiger partial charge is 0.330 e. The van der Waals surface area contributed by atoms with E-state index in [2.05, 4.69) is 44.5 Å². The van der Waals surface area contributed by atoms with Gasteiger partial charge in [0.05, 0.1) is 12.2 Å². The molecule has 1 unspecified atom stereocenters. The van der Waals surface area contributed by atoms with Gasteiger partial charge in [-0.25, -0.2) is 9.78 Å². The lowest BCUT2D eigenvalue weighted by atomic mass is 9.86. The zero-order valence-corrected chi connectivity index (χ0v) is 24.4. The van der Waals surface area contributed by atoms with E-state index in [4.69, 9.17) is 13.9 Å². The molecule has 1 saturated heterocycles. The second kappa shape index (κ2) is 16.0. The lowest BCUT2D eigenvalue weighted by molar-refractivity contribution is -0.148. The van der Waals surface area contributed by atoms with Crippen LogP contribution >= 0.6 is 0 Å². The molecule has 216 valence electrons. The third-order valence-corrected chi connectivity index (χ3v) is 7.99. The van der Waals surface area contributed by atoms with Crippen LogP contribution in [0, 0.1) is 11.8 Å². The highest BCUT2D eigenvalue weighted by Gasteiger charge is 2.28. The molecule has 1 aromatic rings. The van der Waals surface area contributed by atoms with Gasteiger partial charge in [0.2, 0.25) is 5.89 Å². The normalized spacial score (nSPS) is 31.2. The van der Waals surface area contributed by atoms with Gasteiger partial charge in [0.15, 0.2) is 0 Å². The maximum absolute atomic E-state index is 12.7. The predicted molar refractivity (Wildman–Crippen MR) is 156 cm³/mol. The zero-order chi connectivity index (χ0) is 28.2. The highest BCUT2D eigenvalue weighted by molar-refractivity contribution is 5.82. The summed E-state index contributed by atoms with van der Waals surface area (Å²) in [5, 5.41) is 10.7. The Balaban J connectivity index is 1.73. The maximum Gasteiger partial charge on any atom is 0.330 e. The zero-order valence-electron chi connectivity index (χ0n) is 24.4. The van der Waals surface area contributed by atoms with Gasteiger partial charge in [-0.3, -0.25) is 0 Å². The van der Waals surface area contributed by atoms with Crippen LogP contribution in [0.15, 0.2) is 52.7 Å². The van der Waals surface area contributed by atoms with Gasteiger partial charge >= 0.3 is 5.97 Å². The Morgan fingerprint density at radius 1 is 1.21 bits per heavy atom. The maximum atomic E-state index is 12.7. The van der Waals surface area contributed by atoms with E-state index in [0.717, 1.165) is 69.1 Å². The van der Waals surface area contributed by atoms with Gasteiger partial charge in [0.25, 0.3) is 0 Å². The molecule has 1 N–H and O–H groups in total. The Bertz CT molecular complexity index is 1010. The number of oxazole rings is 1. The second-order valence-corrected chi connectivity index (χ2v) is 11.6. The Hall–Kier alpha value is -2.44. The molecule has 6 heteroatoms. The van der Waals surface area contributed by atoms with Crippen molar-refractivity contribution < 1.29 is 23.8 Å². The van der Waals surface area contributed by atoms with Crippen LogP contribution in [0.25, 0.3) is 6.08 Å². The van der Waals surface area contributed by atoms with Gasteiger partial charge in [-0.2, -0.15) is 0 Å². The summed E-state index contributed by atoms with van der Waals surface area (Å²) in [5.74, 6) is 0.716. The van der Waals surface area contributed by atoms with Gasteiger partial charge in [-0.1, -0.05) is 49.8 Å². The average molecular weight is 540 g/mol. The number of aliphatic hydroxyl groups is 1. The summed E-state index contributed by atoms with van der Waals surface area (Å²) >= 11 is 0. The Labute approximate surface area is 235 Å². The number of carbonyl (C=O) groups excluding carboxylic acids is 1. The fourth-order valence-electron chi connectivity index (χ4n) is 5.70. The number of carbonyl (C=O) groups is 1. The Kier molecular flexibility index (Phi) is 12.7. The number of fused-ring (bicyclic) bond motifs is 5. The van der Waals surface area contributed by atoms with Crippen LogP contribution in [-0.2, 0) is 14.3 Å². The summed E-state index contributed by atoms with van der Waals surface area (Å²) in [7, 11) is 0. The number of hydrogen-bond acceptors (Lipinski definition) is 6. The molecule has 6 atom stereocenters. The Morgan fingerprint density at radius 3 is 2.79 bits per heavy atom. The topological polar surface area (TPSA) is 81.8 Å². The van der Waals surface area contributed by atoms with Gasteiger partial charge in [-0.15, -0.1) is 0 Å². The van der Waals surface area contributed by atoms with Crippen molar-refractivity contribution in [2.75, 3.05) is 0 Å². The molecule has 2 aliphatic heterocycles. The van der Waals surface area contributed by atoms with E-state index in [1.165, 1.54) is 5.57 Å². The first-order valence-corrected chi connectivity index (χ1v) is 14.9. The standard InChI is InChI=1S/C33H49NO5/c1-6-23(2)19-26(5)33-25(4)14-10-11-17-31-34-29(22-37-31)30-16-12-15-28(38-30)21-27(35)20-24(3)13-8-7-9-18-32(36)39-33/h6,9,11,17-18,22,25-28,30,33,35H,3,7-8,10,12-16,19-21H2,1-2,4-5H3/b17-11+,18-9-,23-6+/t25-,26-,27+,28-,30+,33?/m0/s1. The molecule has 0 aromatic carbocycles. The molecule has 3 rings (SSSR count). The lowest BCUT2D eigenvalue weighted by Gasteiger charge is -2.30. The van der Waals surface area contributed by atoms with E-state index < -0.39 is 6.10 Å². The quantitative estimate of drug-likeness (QED) is 0.309. The second-order valence-electron chi connectivity index (χ2n) is 11.6. The minimum absolute atomic E-state index is 0.00576. The molecule has 1 aromatic heterocycles. The van der Waals surface area contributed by atoms with Crippen molar-refractivity contribution >= 4 is 12.0 Å². The number of ether oxygens (including phenoxy) is 2. The summed E-state index contributed by atoms with van der Waals surface area (Å²) in [5.41, 5.74) is 3.14. The van der Waals surface area contributed by atoms with Crippen LogP contribution in [0.2, 0.25) is 0 Å². The van der Waals surface area contributed by atoms with Gasteiger partial charge in [0, 0.05) is 6.08 Å². The fourth-order valence-corrected chi connectivity index (χ4v) is 5.70. The first kappa shape index (κ1) is 31.1. The number of esters is 1. The molecule has 0 saturated carbocycles. The van der Waals surface area contributed by atoms with Crippen molar-refractivity contribution in [2.24, 2.45) is 11.8 Å². The molecule has 0 radical (unpaired) electrons. The number of hydrogen-bond donors (Lipinski definition) is 1. The first-order valence-electron chi connectivity index (χ1n) is 14.9. The van der Waals surface area contributed by atoms with Gasteiger partial charge in [-0.05, 0) is 102 Å². The van der Waals surface area contributed by atoms with Crippen LogP contribution in [-0.4, -0.2) is 34.4 Å². The van der Waals surface area contributed by atoms with E-state index in [1.54, 1.807) is 12.3 Å². The van der Waals surface area contributed by atoms with Crippen LogP contribution in [0.1, 0.15) is 116 Å². The molecule has 2 aliphatic rings.